The van der Waals surface area contributed by atoms with E-state index >= 15 is 0 Å². The van der Waals surface area contributed by atoms with Crippen molar-refractivity contribution >= 4 is 15.8 Å². The lowest BCUT2D eigenvalue weighted by molar-refractivity contribution is -0.0605. The van der Waals surface area contributed by atoms with Gasteiger partial charge in [0.2, 0.25) is 0 Å². The van der Waals surface area contributed by atoms with Gasteiger partial charge in [-0.2, -0.15) is 0 Å². The Balaban J connectivity index is 1.62. The number of sulfone groups is 1. The fraction of sp³-hybridized carbons (Fsp3) is 0.650. The SMILES string of the molecule is CCNC(=NCCN1CCS(=O)(=O)CC1)N1CC(C)OC(c2ccc(F)cc2)C1. The first-order valence-electron chi connectivity index (χ1n) is 10.2. The zero-order valence-electron chi connectivity index (χ0n) is 17.2. The van der Waals surface area contributed by atoms with E-state index in [1.165, 1.54) is 12.1 Å². The van der Waals surface area contributed by atoms with Crippen LogP contribution in [-0.2, 0) is 14.6 Å². The molecule has 0 bridgehead atoms. The lowest BCUT2D eigenvalue weighted by Crippen LogP contribution is -2.51. The first kappa shape index (κ1) is 22.0. The summed E-state index contributed by atoms with van der Waals surface area (Å²) < 4.78 is 42.5. The third-order valence-corrected chi connectivity index (χ3v) is 6.86. The van der Waals surface area contributed by atoms with Gasteiger partial charge in [0.05, 0.1) is 30.7 Å². The predicted molar refractivity (Wildman–Crippen MR) is 112 cm³/mol. The minimum absolute atomic E-state index is 0.0231. The first-order chi connectivity index (χ1) is 13.9. The van der Waals surface area contributed by atoms with Gasteiger partial charge in [-0.3, -0.25) is 9.89 Å². The molecular formula is C20H31FN4O3S. The minimum Gasteiger partial charge on any atom is -0.367 e. The molecule has 2 aliphatic rings. The molecule has 0 saturated carbocycles. The van der Waals surface area contributed by atoms with Crippen molar-refractivity contribution in [2.45, 2.75) is 26.1 Å². The van der Waals surface area contributed by atoms with Gasteiger partial charge in [0.25, 0.3) is 0 Å². The van der Waals surface area contributed by atoms with Gasteiger partial charge in [-0.1, -0.05) is 12.1 Å². The first-order valence-corrected chi connectivity index (χ1v) is 12.1. The van der Waals surface area contributed by atoms with Crippen molar-refractivity contribution in [3.63, 3.8) is 0 Å². The second-order valence-corrected chi connectivity index (χ2v) is 9.92. The van der Waals surface area contributed by atoms with Crippen LogP contribution in [0.2, 0.25) is 0 Å². The average molecular weight is 427 g/mol. The molecule has 2 saturated heterocycles. The van der Waals surface area contributed by atoms with Gasteiger partial charge < -0.3 is 15.0 Å². The van der Waals surface area contributed by atoms with Gasteiger partial charge in [-0.15, -0.1) is 0 Å². The van der Waals surface area contributed by atoms with E-state index in [1.807, 2.05) is 13.8 Å². The smallest absolute Gasteiger partial charge is 0.194 e. The highest BCUT2D eigenvalue weighted by molar-refractivity contribution is 7.91. The molecule has 2 heterocycles. The summed E-state index contributed by atoms with van der Waals surface area (Å²) in [6.45, 7) is 8.70. The third-order valence-electron chi connectivity index (χ3n) is 5.25. The van der Waals surface area contributed by atoms with Gasteiger partial charge in [-0.05, 0) is 31.5 Å². The monoisotopic (exact) mass is 426 g/mol. The van der Waals surface area contributed by atoms with Crippen LogP contribution in [0.4, 0.5) is 4.39 Å². The second kappa shape index (κ2) is 9.86. The molecule has 0 aliphatic carbocycles. The van der Waals surface area contributed by atoms with Crippen molar-refractivity contribution in [1.82, 2.24) is 15.1 Å². The van der Waals surface area contributed by atoms with E-state index in [2.05, 4.69) is 15.1 Å². The number of rotatable bonds is 5. The Labute approximate surface area is 172 Å². The summed E-state index contributed by atoms with van der Waals surface area (Å²) in [4.78, 5) is 9.11. The standard InChI is InChI=1S/C20H31FN4O3S/c1-3-22-20(23-8-9-24-10-12-29(26,27)13-11-24)25-14-16(2)28-19(15-25)17-4-6-18(21)7-5-17/h4-7,16,19H,3,8-15H2,1-2H3,(H,22,23). The predicted octanol–water partition coefficient (Wildman–Crippen LogP) is 1.28. The molecule has 0 aromatic heterocycles. The molecule has 0 amide bonds. The quantitative estimate of drug-likeness (QED) is 0.565. The van der Waals surface area contributed by atoms with Crippen LogP contribution in [0.3, 0.4) is 0 Å². The average Bonchev–Trinajstić information content (AvgIpc) is 2.68. The summed E-state index contributed by atoms with van der Waals surface area (Å²) in [5.74, 6) is 1.04. The third kappa shape index (κ3) is 6.38. The Hall–Kier alpha value is -1.71. The van der Waals surface area contributed by atoms with Crippen LogP contribution in [0, 0.1) is 5.82 Å². The summed E-state index contributed by atoms with van der Waals surface area (Å²) in [6, 6.07) is 6.45. The maximum absolute atomic E-state index is 13.3. The molecule has 1 aromatic carbocycles. The van der Waals surface area contributed by atoms with Crippen LogP contribution in [0.5, 0.6) is 0 Å². The minimum atomic E-state index is -2.86. The Morgan fingerprint density at radius 2 is 1.93 bits per heavy atom. The number of morpholine rings is 1. The van der Waals surface area contributed by atoms with Crippen LogP contribution in [0.15, 0.2) is 29.3 Å². The molecule has 29 heavy (non-hydrogen) atoms. The normalized spacial score (nSPS) is 25.8. The number of guanidine groups is 1. The van der Waals surface area contributed by atoms with E-state index in [4.69, 9.17) is 9.73 Å². The highest BCUT2D eigenvalue weighted by atomic mass is 32.2. The lowest BCUT2D eigenvalue weighted by atomic mass is 10.1. The maximum atomic E-state index is 13.3. The van der Waals surface area contributed by atoms with Crippen molar-refractivity contribution in [3.8, 4) is 0 Å². The highest BCUT2D eigenvalue weighted by Crippen LogP contribution is 2.25. The van der Waals surface area contributed by atoms with Crippen molar-refractivity contribution in [2.75, 3.05) is 57.3 Å². The molecular weight excluding hydrogens is 395 g/mol. The van der Waals surface area contributed by atoms with Crippen LogP contribution in [0.1, 0.15) is 25.5 Å². The number of ether oxygens (including phenoxy) is 1. The molecule has 1 aromatic rings. The summed E-state index contributed by atoms with van der Waals surface area (Å²) in [6.07, 6.45) is -0.120. The highest BCUT2D eigenvalue weighted by Gasteiger charge is 2.28. The van der Waals surface area contributed by atoms with Gasteiger partial charge in [-0.25, -0.2) is 12.8 Å². The summed E-state index contributed by atoms with van der Waals surface area (Å²) in [7, 11) is -2.86. The van der Waals surface area contributed by atoms with Gasteiger partial charge >= 0.3 is 0 Å². The Bertz CT molecular complexity index is 786. The zero-order chi connectivity index (χ0) is 20.9. The van der Waals surface area contributed by atoms with Crippen molar-refractivity contribution in [2.24, 2.45) is 4.99 Å². The van der Waals surface area contributed by atoms with E-state index in [-0.39, 0.29) is 29.5 Å². The van der Waals surface area contributed by atoms with Crippen molar-refractivity contribution < 1.29 is 17.5 Å². The van der Waals surface area contributed by atoms with E-state index in [9.17, 15) is 12.8 Å². The summed E-state index contributed by atoms with van der Waals surface area (Å²) in [5, 5.41) is 3.35. The number of benzene rings is 1. The Morgan fingerprint density at radius 1 is 1.24 bits per heavy atom. The van der Waals surface area contributed by atoms with Gasteiger partial charge in [0.1, 0.15) is 11.9 Å². The fourth-order valence-electron chi connectivity index (χ4n) is 3.68. The van der Waals surface area contributed by atoms with Crippen molar-refractivity contribution in [3.05, 3.63) is 35.6 Å². The number of hydrogen-bond acceptors (Lipinski definition) is 5. The van der Waals surface area contributed by atoms with Gasteiger partial charge in [0.15, 0.2) is 15.8 Å². The van der Waals surface area contributed by atoms with E-state index in [1.54, 1.807) is 12.1 Å². The Kier molecular flexibility index (Phi) is 7.48. The van der Waals surface area contributed by atoms with Gasteiger partial charge in [0, 0.05) is 32.7 Å². The zero-order valence-corrected chi connectivity index (χ0v) is 18.0. The van der Waals surface area contributed by atoms with Crippen molar-refractivity contribution in [1.29, 1.82) is 0 Å². The molecule has 2 fully saturated rings. The summed E-state index contributed by atoms with van der Waals surface area (Å²) in [5.41, 5.74) is 0.952. The Morgan fingerprint density at radius 3 is 2.59 bits per heavy atom. The molecule has 162 valence electrons. The number of nitrogens with zero attached hydrogens (tertiary/aromatic N) is 3. The largest absolute Gasteiger partial charge is 0.367 e. The molecule has 2 atom stereocenters. The lowest BCUT2D eigenvalue weighted by Gasteiger charge is -2.39. The van der Waals surface area contributed by atoms with Crippen LogP contribution in [0.25, 0.3) is 0 Å². The molecule has 3 rings (SSSR count). The molecule has 0 spiro atoms. The second-order valence-electron chi connectivity index (χ2n) is 7.62. The van der Waals surface area contributed by atoms with E-state index in [0.717, 1.165) is 31.2 Å². The fourth-order valence-corrected chi connectivity index (χ4v) is 4.96. The van der Waals surface area contributed by atoms with E-state index in [0.29, 0.717) is 26.2 Å². The van der Waals surface area contributed by atoms with Crippen LogP contribution in [-0.4, -0.2) is 87.6 Å². The van der Waals surface area contributed by atoms with E-state index < -0.39 is 9.84 Å². The molecule has 1 N–H and O–H groups in total. The number of halogens is 1. The molecule has 7 nitrogen and oxygen atoms in total. The van der Waals surface area contributed by atoms with Crippen LogP contribution >= 0.6 is 0 Å². The summed E-state index contributed by atoms with van der Waals surface area (Å²) >= 11 is 0. The molecule has 2 unspecified atom stereocenters. The topological polar surface area (TPSA) is 74.2 Å². The molecule has 9 heteroatoms. The number of nitrogens with one attached hydrogen (secondary N) is 1. The molecule has 2 aliphatic heterocycles. The number of hydrogen-bond donors (Lipinski definition) is 1. The number of aliphatic imine (C=N–C) groups is 1. The maximum Gasteiger partial charge on any atom is 0.194 e. The molecule has 0 radical (unpaired) electrons. The van der Waals surface area contributed by atoms with Crippen LogP contribution < -0.4 is 5.32 Å².